The average Bonchev–Trinajstić information content (AvgIpc) is 3.28. The summed E-state index contributed by atoms with van der Waals surface area (Å²) in [6.07, 6.45) is -0.858. The lowest BCUT2D eigenvalue weighted by Gasteiger charge is -2.29. The van der Waals surface area contributed by atoms with Gasteiger partial charge in [-0.3, -0.25) is 14.4 Å². The first-order chi connectivity index (χ1) is 15.0. The highest BCUT2D eigenvalue weighted by molar-refractivity contribution is 9.10. The number of anilines is 2. The Labute approximate surface area is 189 Å². The number of imide groups is 1. The molecule has 0 spiro atoms. The van der Waals surface area contributed by atoms with E-state index >= 15 is 0 Å². The van der Waals surface area contributed by atoms with Crippen molar-refractivity contribution in [1.82, 2.24) is 0 Å². The molecule has 5 nitrogen and oxygen atoms in total. The molecule has 0 aromatic heterocycles. The van der Waals surface area contributed by atoms with Crippen LogP contribution in [0.1, 0.15) is 22.7 Å². The SMILES string of the molecule is Cc1ccc(N2C(=O)[C@@H]3[C@@H](ON(c4ccccc4)[C@H]3c3ccc(Br)cc3)C2=O)cc1C. The Kier molecular flexibility index (Phi) is 4.91. The first-order valence-electron chi connectivity index (χ1n) is 10.2. The third-order valence-corrected chi connectivity index (χ3v) is 6.61. The molecule has 0 unspecified atom stereocenters. The van der Waals surface area contributed by atoms with Gasteiger partial charge in [-0.2, -0.15) is 0 Å². The summed E-state index contributed by atoms with van der Waals surface area (Å²) < 4.78 is 0.948. The predicted molar refractivity (Wildman–Crippen MR) is 123 cm³/mol. The molecule has 6 heteroatoms. The van der Waals surface area contributed by atoms with E-state index in [1.54, 1.807) is 5.06 Å². The molecular formula is C25H21BrN2O3. The fraction of sp³-hybridized carbons (Fsp3) is 0.200. The number of halogens is 1. The van der Waals surface area contributed by atoms with Crippen molar-refractivity contribution < 1.29 is 14.4 Å². The van der Waals surface area contributed by atoms with E-state index in [2.05, 4.69) is 15.9 Å². The van der Waals surface area contributed by atoms with Crippen LogP contribution in [0.4, 0.5) is 11.4 Å². The zero-order valence-electron chi connectivity index (χ0n) is 17.2. The van der Waals surface area contributed by atoms with Crippen LogP contribution < -0.4 is 9.96 Å². The molecule has 3 aromatic rings. The van der Waals surface area contributed by atoms with Gasteiger partial charge in [0.25, 0.3) is 5.91 Å². The van der Waals surface area contributed by atoms with Gasteiger partial charge in [0.05, 0.1) is 17.4 Å². The molecule has 3 aromatic carbocycles. The molecule has 31 heavy (non-hydrogen) atoms. The summed E-state index contributed by atoms with van der Waals surface area (Å²) >= 11 is 3.47. The molecule has 0 bridgehead atoms. The summed E-state index contributed by atoms with van der Waals surface area (Å²) in [6.45, 7) is 3.98. The number of fused-ring (bicyclic) bond motifs is 1. The van der Waals surface area contributed by atoms with Gasteiger partial charge in [0.15, 0.2) is 6.10 Å². The standard InChI is InChI=1S/C25H21BrN2O3/c1-15-8-13-20(14-16(15)2)27-24(29)21-22(17-9-11-18(26)12-10-17)28(31-23(21)25(27)30)19-6-4-3-5-7-19/h3-14,21-23H,1-2H3/t21-,22-,23+/m0/s1. The fourth-order valence-corrected chi connectivity index (χ4v) is 4.60. The smallest absolute Gasteiger partial charge is 0.266 e. The van der Waals surface area contributed by atoms with E-state index in [0.717, 1.165) is 26.9 Å². The first kappa shape index (κ1) is 20.0. The summed E-state index contributed by atoms with van der Waals surface area (Å²) in [5.74, 6) is -1.18. The van der Waals surface area contributed by atoms with Crippen LogP contribution >= 0.6 is 15.9 Å². The minimum atomic E-state index is -0.858. The maximum Gasteiger partial charge on any atom is 0.266 e. The summed E-state index contributed by atoms with van der Waals surface area (Å²) in [5, 5.41) is 1.71. The number of rotatable bonds is 3. The molecule has 2 fully saturated rings. The van der Waals surface area contributed by atoms with E-state index in [4.69, 9.17) is 4.84 Å². The molecular weight excluding hydrogens is 456 g/mol. The van der Waals surface area contributed by atoms with Gasteiger partial charge in [0.2, 0.25) is 5.91 Å². The maximum absolute atomic E-state index is 13.6. The topological polar surface area (TPSA) is 49.9 Å². The molecule has 3 atom stereocenters. The Bertz CT molecular complexity index is 1160. The van der Waals surface area contributed by atoms with Crippen LogP contribution in [-0.4, -0.2) is 17.9 Å². The van der Waals surface area contributed by atoms with Crippen molar-refractivity contribution in [2.24, 2.45) is 5.92 Å². The van der Waals surface area contributed by atoms with Crippen molar-refractivity contribution in [3.63, 3.8) is 0 Å². The molecule has 0 radical (unpaired) electrons. The van der Waals surface area contributed by atoms with Crippen LogP contribution in [0.3, 0.4) is 0 Å². The number of benzene rings is 3. The number of carbonyl (C=O) groups excluding carboxylic acids is 2. The number of hydrogen-bond donors (Lipinski definition) is 0. The van der Waals surface area contributed by atoms with Crippen LogP contribution in [0.25, 0.3) is 0 Å². The van der Waals surface area contributed by atoms with E-state index in [1.807, 2.05) is 86.6 Å². The lowest BCUT2D eigenvalue weighted by Crippen LogP contribution is -2.37. The largest absolute Gasteiger partial charge is 0.273 e. The number of para-hydroxylation sites is 1. The average molecular weight is 477 g/mol. The Morgan fingerprint density at radius 2 is 1.52 bits per heavy atom. The third kappa shape index (κ3) is 3.27. The summed E-state index contributed by atoms with van der Waals surface area (Å²) in [6, 6.07) is 22.6. The molecule has 2 aliphatic heterocycles. The van der Waals surface area contributed by atoms with Gasteiger partial charge in [-0.1, -0.05) is 52.3 Å². The van der Waals surface area contributed by atoms with Gasteiger partial charge in [-0.25, -0.2) is 9.96 Å². The quantitative estimate of drug-likeness (QED) is 0.492. The van der Waals surface area contributed by atoms with E-state index < -0.39 is 18.1 Å². The summed E-state index contributed by atoms with van der Waals surface area (Å²) in [7, 11) is 0. The van der Waals surface area contributed by atoms with Crippen LogP contribution in [0.2, 0.25) is 0 Å². The van der Waals surface area contributed by atoms with Gasteiger partial charge in [0.1, 0.15) is 5.92 Å². The predicted octanol–water partition coefficient (Wildman–Crippen LogP) is 5.12. The van der Waals surface area contributed by atoms with E-state index in [-0.39, 0.29) is 11.8 Å². The molecule has 0 aliphatic carbocycles. The second-order valence-electron chi connectivity index (χ2n) is 7.99. The van der Waals surface area contributed by atoms with Crippen molar-refractivity contribution in [1.29, 1.82) is 0 Å². The second-order valence-corrected chi connectivity index (χ2v) is 8.91. The number of carbonyl (C=O) groups is 2. The van der Waals surface area contributed by atoms with Crippen LogP contribution in [-0.2, 0) is 14.4 Å². The fourth-order valence-electron chi connectivity index (χ4n) is 4.33. The number of hydrogen-bond acceptors (Lipinski definition) is 4. The third-order valence-electron chi connectivity index (χ3n) is 6.09. The van der Waals surface area contributed by atoms with Gasteiger partial charge in [-0.05, 0) is 66.9 Å². The highest BCUT2D eigenvalue weighted by Crippen LogP contribution is 2.47. The van der Waals surface area contributed by atoms with E-state index in [0.29, 0.717) is 5.69 Å². The monoisotopic (exact) mass is 476 g/mol. The highest BCUT2D eigenvalue weighted by Gasteiger charge is 2.60. The Hall–Kier alpha value is -2.96. The number of hydroxylamine groups is 1. The lowest BCUT2D eigenvalue weighted by atomic mass is 9.90. The van der Waals surface area contributed by atoms with Crippen molar-refractivity contribution in [3.05, 3.63) is 94.0 Å². The van der Waals surface area contributed by atoms with Crippen LogP contribution in [0.5, 0.6) is 0 Å². The number of nitrogens with zero attached hydrogens (tertiary/aromatic N) is 2. The van der Waals surface area contributed by atoms with Gasteiger partial charge < -0.3 is 0 Å². The minimum Gasteiger partial charge on any atom is -0.273 e. The molecule has 2 saturated heterocycles. The van der Waals surface area contributed by atoms with Crippen molar-refractivity contribution >= 4 is 39.1 Å². The van der Waals surface area contributed by atoms with Gasteiger partial charge >= 0.3 is 0 Å². The first-order valence-corrected chi connectivity index (χ1v) is 11.0. The highest BCUT2D eigenvalue weighted by atomic mass is 79.9. The molecule has 2 aliphatic rings. The van der Waals surface area contributed by atoms with Gasteiger partial charge in [0, 0.05) is 4.47 Å². The van der Waals surface area contributed by atoms with Crippen LogP contribution in [0.15, 0.2) is 77.3 Å². The minimum absolute atomic E-state index is 0.232. The maximum atomic E-state index is 13.6. The second kappa shape index (κ2) is 7.62. The zero-order valence-corrected chi connectivity index (χ0v) is 18.7. The Morgan fingerprint density at radius 1 is 0.806 bits per heavy atom. The number of amides is 2. The normalized spacial score (nSPS) is 22.9. The molecule has 2 heterocycles. The number of aryl methyl sites for hydroxylation is 2. The van der Waals surface area contributed by atoms with E-state index in [1.165, 1.54) is 4.90 Å². The summed E-state index contributed by atoms with van der Waals surface area (Å²) in [5.41, 5.74) is 4.47. The van der Waals surface area contributed by atoms with Gasteiger partial charge in [-0.15, -0.1) is 0 Å². The molecule has 0 saturated carbocycles. The molecule has 156 valence electrons. The Morgan fingerprint density at radius 3 is 2.19 bits per heavy atom. The van der Waals surface area contributed by atoms with E-state index in [9.17, 15) is 9.59 Å². The lowest BCUT2D eigenvalue weighted by molar-refractivity contribution is -0.126. The van der Waals surface area contributed by atoms with Crippen molar-refractivity contribution in [3.8, 4) is 0 Å². The van der Waals surface area contributed by atoms with Crippen molar-refractivity contribution in [2.45, 2.75) is 26.0 Å². The molecule has 5 rings (SSSR count). The van der Waals surface area contributed by atoms with Crippen LogP contribution in [0, 0.1) is 19.8 Å². The zero-order chi connectivity index (χ0) is 21.7. The summed E-state index contributed by atoms with van der Waals surface area (Å²) in [4.78, 5) is 34.4. The van der Waals surface area contributed by atoms with Crippen molar-refractivity contribution in [2.75, 3.05) is 9.96 Å². The Balaban J connectivity index is 1.58. The molecule has 2 amide bonds. The molecule has 0 N–H and O–H groups in total.